The number of aromatic nitrogens is 3. The number of hydrogen-bond acceptors (Lipinski definition) is 4. The van der Waals surface area contributed by atoms with Crippen molar-refractivity contribution in [1.82, 2.24) is 14.8 Å². The Kier molecular flexibility index (Phi) is 5.77. The lowest BCUT2D eigenvalue weighted by molar-refractivity contribution is -0.120. The average Bonchev–Trinajstić information content (AvgIpc) is 3.22. The standard InChI is InChI=1S/C23H25ClN4O2/c1-15(2)12-22(29)27-20(16-4-8-18(24)9-5-16)13-21(28-23(27)25-14-26-28)17-6-10-19(30-3)11-7-17/h4-11,14-15,20-21H,12-13H2,1-3H3/t20-,21-/m0/s1. The van der Waals surface area contributed by atoms with Gasteiger partial charge in [-0.15, -0.1) is 0 Å². The second-order valence-electron chi connectivity index (χ2n) is 7.96. The average molecular weight is 425 g/mol. The number of carbonyl (C=O) groups is 1. The van der Waals surface area contributed by atoms with Crippen LogP contribution in [0.15, 0.2) is 54.9 Å². The molecular weight excluding hydrogens is 400 g/mol. The Balaban J connectivity index is 1.79. The molecule has 0 saturated carbocycles. The Morgan fingerprint density at radius 2 is 1.73 bits per heavy atom. The zero-order valence-electron chi connectivity index (χ0n) is 17.3. The fraction of sp³-hybridized carbons (Fsp3) is 0.348. The van der Waals surface area contributed by atoms with E-state index in [-0.39, 0.29) is 23.9 Å². The predicted molar refractivity (Wildman–Crippen MR) is 117 cm³/mol. The Hall–Kier alpha value is -2.86. The van der Waals surface area contributed by atoms with Crippen LogP contribution in [-0.2, 0) is 4.79 Å². The Morgan fingerprint density at radius 1 is 1.10 bits per heavy atom. The monoisotopic (exact) mass is 424 g/mol. The van der Waals surface area contributed by atoms with Crippen molar-refractivity contribution in [3.05, 3.63) is 71.0 Å². The first-order chi connectivity index (χ1) is 14.5. The molecule has 0 aliphatic carbocycles. The van der Waals surface area contributed by atoms with Gasteiger partial charge in [-0.1, -0.05) is 49.7 Å². The number of methoxy groups -OCH3 is 1. The molecule has 1 amide bonds. The minimum Gasteiger partial charge on any atom is -0.497 e. The number of fused-ring (bicyclic) bond motifs is 1. The zero-order chi connectivity index (χ0) is 21.3. The third-order valence-electron chi connectivity index (χ3n) is 5.43. The van der Waals surface area contributed by atoms with Crippen LogP contribution in [0.3, 0.4) is 0 Å². The lowest BCUT2D eigenvalue weighted by atomic mass is 9.91. The molecule has 7 heteroatoms. The van der Waals surface area contributed by atoms with Crippen LogP contribution >= 0.6 is 11.6 Å². The van der Waals surface area contributed by atoms with Gasteiger partial charge in [0.05, 0.1) is 19.2 Å². The van der Waals surface area contributed by atoms with Crippen molar-refractivity contribution in [2.24, 2.45) is 5.92 Å². The van der Waals surface area contributed by atoms with Gasteiger partial charge in [0.25, 0.3) is 0 Å². The highest BCUT2D eigenvalue weighted by molar-refractivity contribution is 6.30. The van der Waals surface area contributed by atoms with Gasteiger partial charge in [0.1, 0.15) is 12.1 Å². The van der Waals surface area contributed by atoms with Crippen LogP contribution in [0.5, 0.6) is 5.75 Å². The maximum atomic E-state index is 13.2. The van der Waals surface area contributed by atoms with Crippen LogP contribution in [-0.4, -0.2) is 27.8 Å². The SMILES string of the molecule is COc1ccc([C@@H]2C[C@@H](c3ccc(Cl)cc3)N(C(=O)CC(C)C)c3ncnn32)cc1. The molecule has 0 spiro atoms. The highest BCUT2D eigenvalue weighted by Crippen LogP contribution is 2.42. The number of benzene rings is 2. The highest BCUT2D eigenvalue weighted by atomic mass is 35.5. The predicted octanol–water partition coefficient (Wildman–Crippen LogP) is 5.05. The lowest BCUT2D eigenvalue weighted by Crippen LogP contribution is -2.43. The largest absolute Gasteiger partial charge is 0.497 e. The maximum Gasteiger partial charge on any atom is 0.231 e. The van der Waals surface area contributed by atoms with Crippen molar-refractivity contribution in [2.75, 3.05) is 12.0 Å². The fourth-order valence-corrected chi connectivity index (χ4v) is 4.12. The van der Waals surface area contributed by atoms with E-state index in [2.05, 4.69) is 10.1 Å². The summed E-state index contributed by atoms with van der Waals surface area (Å²) in [6.07, 6.45) is 2.66. The summed E-state index contributed by atoms with van der Waals surface area (Å²) in [7, 11) is 1.65. The maximum absolute atomic E-state index is 13.2. The summed E-state index contributed by atoms with van der Waals surface area (Å²) < 4.78 is 7.15. The zero-order valence-corrected chi connectivity index (χ0v) is 18.1. The van der Waals surface area contributed by atoms with Gasteiger partial charge >= 0.3 is 0 Å². The Morgan fingerprint density at radius 3 is 2.37 bits per heavy atom. The molecule has 0 bridgehead atoms. The summed E-state index contributed by atoms with van der Waals surface area (Å²) in [5.74, 6) is 1.68. The molecule has 2 atom stereocenters. The van der Waals surface area contributed by atoms with E-state index in [0.29, 0.717) is 23.8 Å². The molecule has 2 aromatic carbocycles. The summed E-state index contributed by atoms with van der Waals surface area (Å²) in [4.78, 5) is 19.5. The second kappa shape index (κ2) is 8.48. The summed E-state index contributed by atoms with van der Waals surface area (Å²) in [6, 6.07) is 15.5. The Labute approximate surface area is 181 Å². The van der Waals surface area contributed by atoms with Crippen LogP contribution < -0.4 is 9.64 Å². The third-order valence-corrected chi connectivity index (χ3v) is 5.68. The third kappa shape index (κ3) is 3.92. The summed E-state index contributed by atoms with van der Waals surface area (Å²) in [5.41, 5.74) is 2.13. The quantitative estimate of drug-likeness (QED) is 0.574. The Bertz CT molecular complexity index is 1010. The molecule has 0 N–H and O–H groups in total. The van der Waals surface area contributed by atoms with Gasteiger partial charge in [0.2, 0.25) is 11.9 Å². The number of amides is 1. The van der Waals surface area contributed by atoms with Crippen LogP contribution in [0.2, 0.25) is 5.02 Å². The molecule has 2 heterocycles. The van der Waals surface area contributed by atoms with Gasteiger partial charge in [-0.2, -0.15) is 10.1 Å². The van der Waals surface area contributed by atoms with Crippen molar-refractivity contribution < 1.29 is 9.53 Å². The van der Waals surface area contributed by atoms with E-state index >= 15 is 0 Å². The molecule has 1 aliphatic rings. The number of hydrogen-bond donors (Lipinski definition) is 0. The van der Waals surface area contributed by atoms with E-state index in [1.165, 1.54) is 6.33 Å². The van der Waals surface area contributed by atoms with Crippen molar-refractivity contribution in [1.29, 1.82) is 0 Å². The number of rotatable bonds is 5. The molecule has 3 aromatic rings. The van der Waals surface area contributed by atoms with E-state index in [0.717, 1.165) is 16.9 Å². The number of anilines is 1. The minimum atomic E-state index is -0.155. The van der Waals surface area contributed by atoms with E-state index in [4.69, 9.17) is 16.3 Å². The van der Waals surface area contributed by atoms with Crippen molar-refractivity contribution in [3.63, 3.8) is 0 Å². The summed E-state index contributed by atoms with van der Waals surface area (Å²) in [6.45, 7) is 4.09. The smallest absolute Gasteiger partial charge is 0.231 e. The fourth-order valence-electron chi connectivity index (χ4n) is 4.00. The topological polar surface area (TPSA) is 60.2 Å². The molecule has 0 fully saturated rings. The number of carbonyl (C=O) groups excluding carboxylic acids is 1. The summed E-state index contributed by atoms with van der Waals surface area (Å²) in [5, 5.41) is 5.14. The molecular formula is C23H25ClN4O2. The van der Waals surface area contributed by atoms with Crippen LogP contribution in [0.4, 0.5) is 5.95 Å². The lowest BCUT2D eigenvalue weighted by Gasteiger charge is -2.39. The molecule has 0 saturated heterocycles. The van der Waals surface area contributed by atoms with Crippen molar-refractivity contribution in [3.8, 4) is 5.75 Å². The van der Waals surface area contributed by atoms with Gasteiger partial charge in [0, 0.05) is 11.4 Å². The van der Waals surface area contributed by atoms with E-state index in [1.54, 1.807) is 12.0 Å². The van der Waals surface area contributed by atoms with Crippen molar-refractivity contribution in [2.45, 2.75) is 38.8 Å². The van der Waals surface area contributed by atoms with Crippen LogP contribution in [0.1, 0.15) is 49.9 Å². The molecule has 0 radical (unpaired) electrons. The number of nitrogens with zero attached hydrogens (tertiary/aromatic N) is 4. The van der Waals surface area contributed by atoms with Crippen LogP contribution in [0, 0.1) is 5.92 Å². The minimum absolute atomic E-state index is 0.0443. The first-order valence-electron chi connectivity index (χ1n) is 10.1. The first-order valence-corrected chi connectivity index (χ1v) is 10.5. The molecule has 1 aromatic heterocycles. The first kappa shape index (κ1) is 20.4. The van der Waals surface area contributed by atoms with Gasteiger partial charge in [0.15, 0.2) is 0 Å². The van der Waals surface area contributed by atoms with Gasteiger partial charge in [-0.3, -0.25) is 9.69 Å². The normalized spacial score (nSPS) is 18.4. The molecule has 1 aliphatic heterocycles. The molecule has 6 nitrogen and oxygen atoms in total. The molecule has 30 heavy (non-hydrogen) atoms. The molecule has 4 rings (SSSR count). The van der Waals surface area contributed by atoms with E-state index in [9.17, 15) is 4.79 Å². The molecule has 0 unspecified atom stereocenters. The van der Waals surface area contributed by atoms with E-state index in [1.807, 2.05) is 67.1 Å². The van der Waals surface area contributed by atoms with Gasteiger partial charge in [-0.05, 0) is 47.7 Å². The van der Waals surface area contributed by atoms with E-state index < -0.39 is 0 Å². The number of ether oxygens (including phenoxy) is 1. The number of halogens is 1. The van der Waals surface area contributed by atoms with Crippen molar-refractivity contribution >= 4 is 23.5 Å². The summed E-state index contributed by atoms with van der Waals surface area (Å²) >= 11 is 6.12. The molecule has 156 valence electrons. The van der Waals surface area contributed by atoms with Gasteiger partial charge < -0.3 is 4.74 Å². The second-order valence-corrected chi connectivity index (χ2v) is 8.39. The van der Waals surface area contributed by atoms with Gasteiger partial charge in [-0.25, -0.2) is 4.68 Å². The van der Waals surface area contributed by atoms with Crippen LogP contribution in [0.25, 0.3) is 0 Å². The highest BCUT2D eigenvalue weighted by Gasteiger charge is 2.39.